The van der Waals surface area contributed by atoms with E-state index in [2.05, 4.69) is 107 Å². The van der Waals surface area contributed by atoms with Crippen LogP contribution in [0.3, 0.4) is 0 Å². The van der Waals surface area contributed by atoms with E-state index in [0.29, 0.717) is 11.5 Å². The average molecular weight is 889 g/mol. The van der Waals surface area contributed by atoms with E-state index in [9.17, 15) is 8.42 Å². The SMILES string of the molecule is O=S(=O)(c1ccc(Oc2ccc(N(c3ccccc3)c3ccc(-c4ccc(N(c5ccccc5)c5ccc(Oc6ccccc6)cc5)cc4)cc3)cc2)cc1)c1ccc(-c2ccccc2)cc1. The molecule has 324 valence electrons. The standard InChI is InChI=1S/C60H44N2O4S/c63-67(64,59-41-25-48(26-42-59)45-13-5-1-6-14-45)60-43-39-58(40-44-60)66-57-37-33-54(34-38-57)62(50-17-9-3-10-18-50)52-29-23-47(24-30-52)46-21-27-51(28-22-46)61(49-15-7-2-8-16-49)53-31-35-56(36-32-53)65-55-19-11-4-12-20-55/h1-44H. The van der Waals surface area contributed by atoms with Crippen LogP contribution in [-0.4, -0.2) is 8.42 Å². The summed E-state index contributed by atoms with van der Waals surface area (Å²) in [5.41, 5.74) is 10.3. The molecule has 0 saturated carbocycles. The maximum Gasteiger partial charge on any atom is 0.206 e. The second-order valence-electron chi connectivity index (χ2n) is 15.8. The van der Waals surface area contributed by atoms with Crippen LogP contribution in [0, 0.1) is 0 Å². The van der Waals surface area contributed by atoms with Gasteiger partial charge >= 0.3 is 0 Å². The minimum Gasteiger partial charge on any atom is -0.457 e. The van der Waals surface area contributed by atoms with Gasteiger partial charge in [-0.3, -0.25) is 0 Å². The van der Waals surface area contributed by atoms with Gasteiger partial charge in [-0.15, -0.1) is 0 Å². The molecule has 0 aliphatic heterocycles. The Labute approximate surface area is 391 Å². The maximum absolute atomic E-state index is 13.5. The molecular weight excluding hydrogens is 845 g/mol. The molecule has 10 aromatic carbocycles. The lowest BCUT2D eigenvalue weighted by atomic mass is 10.0. The van der Waals surface area contributed by atoms with E-state index in [1.807, 2.05) is 133 Å². The lowest BCUT2D eigenvalue weighted by molar-refractivity contribution is 0.482. The van der Waals surface area contributed by atoms with Crippen molar-refractivity contribution in [3.8, 4) is 45.3 Å². The van der Waals surface area contributed by atoms with Crippen LogP contribution >= 0.6 is 0 Å². The number of anilines is 6. The van der Waals surface area contributed by atoms with Gasteiger partial charge in [0.25, 0.3) is 0 Å². The van der Waals surface area contributed by atoms with Gasteiger partial charge < -0.3 is 19.3 Å². The number of nitrogens with zero attached hydrogens (tertiary/aromatic N) is 2. The molecule has 0 amide bonds. The smallest absolute Gasteiger partial charge is 0.206 e. The maximum atomic E-state index is 13.5. The molecule has 6 nitrogen and oxygen atoms in total. The molecule has 0 spiro atoms. The Balaban J connectivity index is 0.841. The first-order valence-corrected chi connectivity index (χ1v) is 23.5. The normalized spacial score (nSPS) is 11.1. The Morgan fingerprint density at radius 2 is 0.478 bits per heavy atom. The Bertz CT molecular complexity index is 3280. The summed E-state index contributed by atoms with van der Waals surface area (Å²) >= 11 is 0. The molecule has 0 heterocycles. The summed E-state index contributed by atoms with van der Waals surface area (Å²) in [6.07, 6.45) is 0. The lowest BCUT2D eigenvalue weighted by Gasteiger charge is -2.26. The summed E-state index contributed by atoms with van der Waals surface area (Å²) in [7, 11) is -3.71. The van der Waals surface area contributed by atoms with Gasteiger partial charge in [0.15, 0.2) is 0 Å². The first-order valence-electron chi connectivity index (χ1n) is 22.0. The van der Waals surface area contributed by atoms with E-state index in [0.717, 1.165) is 67.9 Å². The highest BCUT2D eigenvalue weighted by Crippen LogP contribution is 2.39. The molecule has 10 rings (SSSR count). The number of sulfone groups is 1. The molecule has 0 fully saturated rings. The van der Waals surface area contributed by atoms with Gasteiger partial charge in [-0.1, -0.05) is 121 Å². The van der Waals surface area contributed by atoms with E-state index < -0.39 is 9.84 Å². The van der Waals surface area contributed by atoms with E-state index in [-0.39, 0.29) is 9.79 Å². The van der Waals surface area contributed by atoms with Crippen LogP contribution < -0.4 is 19.3 Å². The first-order chi connectivity index (χ1) is 32.9. The molecule has 7 heteroatoms. The number of hydrogen-bond donors (Lipinski definition) is 0. The van der Waals surface area contributed by atoms with Gasteiger partial charge in [0.1, 0.15) is 23.0 Å². The van der Waals surface area contributed by atoms with Crippen LogP contribution in [-0.2, 0) is 9.84 Å². The number of benzene rings is 10. The molecule has 0 saturated heterocycles. The summed E-state index contributed by atoms with van der Waals surface area (Å²) in [5, 5.41) is 0. The molecule has 10 aromatic rings. The first kappa shape index (κ1) is 42.3. The quantitative estimate of drug-likeness (QED) is 0.108. The van der Waals surface area contributed by atoms with Crippen LogP contribution in [0.25, 0.3) is 22.3 Å². The molecule has 0 aliphatic rings. The minimum absolute atomic E-state index is 0.201. The topological polar surface area (TPSA) is 59.1 Å². The highest BCUT2D eigenvalue weighted by molar-refractivity contribution is 7.91. The molecule has 0 N–H and O–H groups in total. The van der Waals surface area contributed by atoms with Crippen molar-refractivity contribution >= 4 is 44.0 Å². The lowest BCUT2D eigenvalue weighted by Crippen LogP contribution is -2.10. The fourth-order valence-corrected chi connectivity index (χ4v) is 9.28. The monoisotopic (exact) mass is 888 g/mol. The number of hydrogen-bond acceptors (Lipinski definition) is 6. The molecule has 0 aliphatic carbocycles. The molecule has 0 unspecified atom stereocenters. The third kappa shape index (κ3) is 9.59. The van der Waals surface area contributed by atoms with Crippen molar-refractivity contribution in [3.05, 3.63) is 267 Å². The summed E-state index contributed by atoms with van der Waals surface area (Å²) in [4.78, 5) is 4.88. The number of ether oxygens (including phenoxy) is 2. The van der Waals surface area contributed by atoms with Gasteiger partial charge in [0.05, 0.1) is 9.79 Å². The molecule has 0 aromatic heterocycles. The predicted molar refractivity (Wildman–Crippen MR) is 272 cm³/mol. The molecule has 0 atom stereocenters. The van der Waals surface area contributed by atoms with Crippen molar-refractivity contribution in [1.82, 2.24) is 0 Å². The third-order valence-electron chi connectivity index (χ3n) is 11.4. The van der Waals surface area contributed by atoms with Crippen molar-refractivity contribution in [1.29, 1.82) is 0 Å². The van der Waals surface area contributed by atoms with Crippen molar-refractivity contribution in [2.24, 2.45) is 0 Å². The molecule has 67 heavy (non-hydrogen) atoms. The largest absolute Gasteiger partial charge is 0.457 e. The van der Waals surface area contributed by atoms with Crippen molar-refractivity contribution in [2.45, 2.75) is 9.79 Å². The van der Waals surface area contributed by atoms with Crippen molar-refractivity contribution < 1.29 is 17.9 Å². The zero-order valence-corrected chi connectivity index (χ0v) is 37.2. The zero-order chi connectivity index (χ0) is 45.4. The third-order valence-corrected chi connectivity index (χ3v) is 13.2. The highest BCUT2D eigenvalue weighted by atomic mass is 32.2. The van der Waals surface area contributed by atoms with Crippen molar-refractivity contribution in [3.63, 3.8) is 0 Å². The summed E-state index contributed by atoms with van der Waals surface area (Å²) in [5.74, 6) is 2.73. The summed E-state index contributed by atoms with van der Waals surface area (Å²) < 4.78 is 39.3. The van der Waals surface area contributed by atoms with Crippen LogP contribution in [0.4, 0.5) is 34.1 Å². The van der Waals surface area contributed by atoms with E-state index in [4.69, 9.17) is 9.47 Å². The van der Waals surface area contributed by atoms with Crippen LogP contribution in [0.15, 0.2) is 277 Å². The predicted octanol–water partition coefficient (Wildman–Crippen LogP) is 16.4. The fraction of sp³-hybridized carbons (Fsp3) is 0. The Morgan fingerprint density at radius 3 is 0.851 bits per heavy atom. The van der Waals surface area contributed by atoms with Crippen LogP contribution in [0.5, 0.6) is 23.0 Å². The van der Waals surface area contributed by atoms with Crippen molar-refractivity contribution in [2.75, 3.05) is 9.80 Å². The molecule has 0 radical (unpaired) electrons. The summed E-state index contributed by atoms with van der Waals surface area (Å²) in [6, 6.07) is 87.1. The average Bonchev–Trinajstić information content (AvgIpc) is 3.39. The Morgan fingerprint density at radius 1 is 0.239 bits per heavy atom. The highest BCUT2D eigenvalue weighted by Gasteiger charge is 2.19. The second kappa shape index (κ2) is 19.2. The second-order valence-corrected chi connectivity index (χ2v) is 17.8. The molecular formula is C60H44N2O4S. The van der Waals surface area contributed by atoms with Crippen LogP contribution in [0.1, 0.15) is 0 Å². The zero-order valence-electron chi connectivity index (χ0n) is 36.3. The summed E-state index contributed by atoms with van der Waals surface area (Å²) in [6.45, 7) is 0. The van der Waals surface area contributed by atoms with Gasteiger partial charge in [0.2, 0.25) is 9.84 Å². The van der Waals surface area contributed by atoms with E-state index in [1.165, 1.54) is 0 Å². The van der Waals surface area contributed by atoms with Gasteiger partial charge in [-0.25, -0.2) is 8.42 Å². The fourth-order valence-electron chi connectivity index (χ4n) is 8.02. The van der Waals surface area contributed by atoms with E-state index in [1.54, 1.807) is 36.4 Å². The van der Waals surface area contributed by atoms with Gasteiger partial charge in [0, 0.05) is 34.1 Å². The van der Waals surface area contributed by atoms with Gasteiger partial charge in [-0.2, -0.15) is 0 Å². The minimum atomic E-state index is -3.71. The number of para-hydroxylation sites is 3. The van der Waals surface area contributed by atoms with Crippen LogP contribution in [0.2, 0.25) is 0 Å². The molecule has 0 bridgehead atoms. The Kier molecular flexibility index (Phi) is 12.1. The Hall–Kier alpha value is -8.65. The van der Waals surface area contributed by atoms with E-state index >= 15 is 0 Å². The number of rotatable bonds is 14. The van der Waals surface area contributed by atoms with Gasteiger partial charge in [-0.05, 0) is 168 Å².